The highest BCUT2D eigenvalue weighted by Gasteiger charge is 2.15. The average Bonchev–Trinajstić information content (AvgIpc) is 2.48. The van der Waals surface area contributed by atoms with Gasteiger partial charge in [-0.2, -0.15) is 0 Å². The Hall–Kier alpha value is -1.15. The first-order chi connectivity index (χ1) is 9.62. The lowest BCUT2D eigenvalue weighted by Crippen LogP contribution is -2.41. The fraction of sp³-hybridized carbons (Fsp3) is 0.538. The van der Waals surface area contributed by atoms with Crippen LogP contribution in [-0.4, -0.2) is 59.8 Å². The summed E-state index contributed by atoms with van der Waals surface area (Å²) in [5, 5.41) is 0. The van der Waals surface area contributed by atoms with Crippen molar-refractivity contribution in [1.82, 2.24) is 9.62 Å². The molecule has 1 fully saturated rings. The van der Waals surface area contributed by atoms with E-state index in [0.29, 0.717) is 32.1 Å². The van der Waals surface area contributed by atoms with Crippen LogP contribution < -0.4 is 9.46 Å². The number of methoxy groups -OCH3 is 1. The molecule has 1 N–H and O–H groups in total. The minimum absolute atomic E-state index is 0.221. The number of benzene rings is 1. The summed E-state index contributed by atoms with van der Waals surface area (Å²) < 4.78 is 37.2. The van der Waals surface area contributed by atoms with Crippen LogP contribution in [0.25, 0.3) is 0 Å². The van der Waals surface area contributed by atoms with Crippen LogP contribution in [0.3, 0.4) is 0 Å². The van der Waals surface area contributed by atoms with E-state index in [0.717, 1.165) is 13.1 Å². The molecular formula is C13H20N2O4S. The first-order valence-electron chi connectivity index (χ1n) is 6.55. The summed E-state index contributed by atoms with van der Waals surface area (Å²) in [6, 6.07) is 6.44. The van der Waals surface area contributed by atoms with Gasteiger partial charge in [0.1, 0.15) is 5.75 Å². The zero-order chi connectivity index (χ0) is 14.4. The molecule has 20 heavy (non-hydrogen) atoms. The van der Waals surface area contributed by atoms with Crippen LogP contribution in [0.5, 0.6) is 5.75 Å². The lowest BCUT2D eigenvalue weighted by molar-refractivity contribution is 0.0390. The van der Waals surface area contributed by atoms with Crippen LogP contribution in [0.1, 0.15) is 0 Å². The molecule has 1 aromatic rings. The summed E-state index contributed by atoms with van der Waals surface area (Å²) in [6.07, 6.45) is 0. The fourth-order valence-electron chi connectivity index (χ4n) is 2.01. The molecular weight excluding hydrogens is 280 g/mol. The van der Waals surface area contributed by atoms with Crippen LogP contribution in [0.15, 0.2) is 29.2 Å². The van der Waals surface area contributed by atoms with Gasteiger partial charge in [-0.25, -0.2) is 13.1 Å². The molecule has 1 aliphatic rings. The summed E-state index contributed by atoms with van der Waals surface area (Å²) in [4.78, 5) is 2.40. The van der Waals surface area contributed by atoms with Gasteiger partial charge in [0.05, 0.1) is 25.2 Å². The molecule has 0 aliphatic carbocycles. The van der Waals surface area contributed by atoms with Crippen LogP contribution in [0, 0.1) is 0 Å². The van der Waals surface area contributed by atoms with Gasteiger partial charge in [-0.15, -0.1) is 0 Å². The Morgan fingerprint density at radius 3 is 2.80 bits per heavy atom. The maximum Gasteiger partial charge on any atom is 0.240 e. The standard InChI is InChI=1S/C13H20N2O4S/c1-18-12-3-2-4-13(11-12)20(16,17)14-5-6-15-7-9-19-10-8-15/h2-4,11,14H,5-10H2,1H3. The van der Waals surface area contributed by atoms with Gasteiger partial charge in [-0.05, 0) is 12.1 Å². The number of morpholine rings is 1. The Labute approximate surface area is 119 Å². The van der Waals surface area contributed by atoms with Gasteiger partial charge in [0, 0.05) is 32.2 Å². The Kier molecular flexibility index (Phi) is 5.36. The first-order valence-corrected chi connectivity index (χ1v) is 8.04. The summed E-state index contributed by atoms with van der Waals surface area (Å²) in [6.45, 7) is 4.19. The predicted octanol–water partition coefficient (Wildman–Crippen LogP) is 0.306. The Morgan fingerprint density at radius 1 is 1.35 bits per heavy atom. The molecule has 112 valence electrons. The van der Waals surface area contributed by atoms with Crippen molar-refractivity contribution in [2.45, 2.75) is 4.90 Å². The lowest BCUT2D eigenvalue weighted by atomic mass is 10.3. The van der Waals surface area contributed by atoms with Gasteiger partial charge < -0.3 is 9.47 Å². The molecule has 7 heteroatoms. The molecule has 0 amide bonds. The van der Waals surface area contributed by atoms with E-state index in [4.69, 9.17) is 9.47 Å². The minimum Gasteiger partial charge on any atom is -0.497 e. The van der Waals surface area contributed by atoms with E-state index in [1.807, 2.05) is 0 Å². The monoisotopic (exact) mass is 300 g/mol. The molecule has 0 atom stereocenters. The molecule has 1 aliphatic heterocycles. The van der Waals surface area contributed by atoms with Crippen molar-refractivity contribution in [1.29, 1.82) is 0 Å². The molecule has 6 nitrogen and oxygen atoms in total. The van der Waals surface area contributed by atoms with Crippen LogP contribution in [0.4, 0.5) is 0 Å². The first kappa shape index (κ1) is 15.2. The smallest absolute Gasteiger partial charge is 0.240 e. The number of nitrogens with zero attached hydrogens (tertiary/aromatic N) is 1. The Morgan fingerprint density at radius 2 is 2.10 bits per heavy atom. The molecule has 0 unspecified atom stereocenters. The molecule has 2 rings (SSSR count). The van der Waals surface area contributed by atoms with E-state index < -0.39 is 10.0 Å². The van der Waals surface area contributed by atoms with Crippen molar-refractivity contribution in [3.8, 4) is 5.75 Å². The Balaban J connectivity index is 1.89. The molecule has 0 spiro atoms. The second kappa shape index (κ2) is 7.03. The Bertz CT molecular complexity index is 527. The maximum absolute atomic E-state index is 12.1. The van der Waals surface area contributed by atoms with Crippen molar-refractivity contribution in [2.75, 3.05) is 46.5 Å². The van der Waals surface area contributed by atoms with Crippen LogP contribution in [-0.2, 0) is 14.8 Å². The third kappa shape index (κ3) is 4.17. The number of nitrogens with one attached hydrogen (secondary N) is 1. The van der Waals surface area contributed by atoms with E-state index in [9.17, 15) is 8.42 Å². The molecule has 0 saturated carbocycles. The van der Waals surface area contributed by atoms with E-state index in [-0.39, 0.29) is 4.90 Å². The quantitative estimate of drug-likeness (QED) is 0.819. The number of sulfonamides is 1. The van der Waals surface area contributed by atoms with E-state index in [1.54, 1.807) is 18.2 Å². The molecule has 0 bridgehead atoms. The number of hydrogen-bond donors (Lipinski definition) is 1. The zero-order valence-corrected chi connectivity index (χ0v) is 12.4. The van der Waals surface area contributed by atoms with E-state index in [1.165, 1.54) is 13.2 Å². The van der Waals surface area contributed by atoms with Crippen molar-refractivity contribution in [3.05, 3.63) is 24.3 Å². The second-order valence-electron chi connectivity index (χ2n) is 4.53. The van der Waals surface area contributed by atoms with Gasteiger partial charge in [0.15, 0.2) is 0 Å². The maximum atomic E-state index is 12.1. The largest absolute Gasteiger partial charge is 0.497 e. The SMILES string of the molecule is COc1cccc(S(=O)(=O)NCCN2CCOCC2)c1. The van der Waals surface area contributed by atoms with E-state index >= 15 is 0 Å². The van der Waals surface area contributed by atoms with Crippen molar-refractivity contribution >= 4 is 10.0 Å². The number of hydrogen-bond acceptors (Lipinski definition) is 5. The van der Waals surface area contributed by atoms with E-state index in [2.05, 4.69) is 9.62 Å². The molecule has 1 aromatic carbocycles. The predicted molar refractivity (Wildman–Crippen MR) is 75.4 cm³/mol. The summed E-state index contributed by atoms with van der Waals surface area (Å²) in [7, 11) is -1.97. The number of rotatable bonds is 6. The summed E-state index contributed by atoms with van der Waals surface area (Å²) in [5.41, 5.74) is 0. The third-order valence-corrected chi connectivity index (χ3v) is 4.63. The average molecular weight is 300 g/mol. The fourth-order valence-corrected chi connectivity index (χ4v) is 3.07. The van der Waals surface area contributed by atoms with Crippen molar-refractivity contribution in [3.63, 3.8) is 0 Å². The highest BCUT2D eigenvalue weighted by atomic mass is 32.2. The van der Waals surface area contributed by atoms with Gasteiger partial charge in [-0.3, -0.25) is 4.90 Å². The summed E-state index contributed by atoms with van der Waals surface area (Å²) >= 11 is 0. The second-order valence-corrected chi connectivity index (χ2v) is 6.30. The minimum atomic E-state index is -3.48. The van der Waals surface area contributed by atoms with Crippen molar-refractivity contribution < 1.29 is 17.9 Å². The molecule has 1 heterocycles. The lowest BCUT2D eigenvalue weighted by Gasteiger charge is -2.26. The van der Waals surface area contributed by atoms with Gasteiger partial charge >= 0.3 is 0 Å². The molecule has 1 saturated heterocycles. The normalized spacial score (nSPS) is 17.1. The van der Waals surface area contributed by atoms with Crippen LogP contribution >= 0.6 is 0 Å². The number of ether oxygens (including phenoxy) is 2. The zero-order valence-electron chi connectivity index (χ0n) is 11.5. The van der Waals surface area contributed by atoms with Crippen LogP contribution in [0.2, 0.25) is 0 Å². The third-order valence-electron chi connectivity index (χ3n) is 3.18. The van der Waals surface area contributed by atoms with Crippen molar-refractivity contribution in [2.24, 2.45) is 0 Å². The van der Waals surface area contributed by atoms with Gasteiger partial charge in [-0.1, -0.05) is 6.07 Å². The van der Waals surface area contributed by atoms with Gasteiger partial charge in [0.25, 0.3) is 0 Å². The highest BCUT2D eigenvalue weighted by Crippen LogP contribution is 2.16. The topological polar surface area (TPSA) is 67.9 Å². The van der Waals surface area contributed by atoms with Gasteiger partial charge in [0.2, 0.25) is 10.0 Å². The molecule has 0 aromatic heterocycles. The highest BCUT2D eigenvalue weighted by molar-refractivity contribution is 7.89. The summed E-state index contributed by atoms with van der Waals surface area (Å²) in [5.74, 6) is 0.529. The molecule has 0 radical (unpaired) electrons.